The van der Waals surface area contributed by atoms with E-state index in [9.17, 15) is 43.5 Å². The Balaban J connectivity index is 4.64. The fourth-order valence-electron chi connectivity index (χ4n) is 9.52. The van der Waals surface area contributed by atoms with E-state index in [2.05, 4.69) is 167 Å². The largest absolute Gasteiger partial charge is 0.472 e. The number of phosphoric ester groups is 2. The topological polar surface area (TPSA) is 231 Å². The fourth-order valence-corrected chi connectivity index (χ4v) is 11.1. The Morgan fingerprint density at radius 1 is 0.293 bits per heavy atom. The van der Waals surface area contributed by atoms with Gasteiger partial charge in [0.1, 0.15) is 25.4 Å². The molecule has 18 heteroatoms. The minimum absolute atomic E-state index is 0.0184. The first kappa shape index (κ1) is 94.2. The van der Waals surface area contributed by atoms with Crippen LogP contribution in [0.3, 0.4) is 0 Å². The number of ether oxygens (including phenoxy) is 3. The van der Waals surface area contributed by atoms with Crippen LogP contribution in [0.2, 0.25) is 0 Å². The van der Waals surface area contributed by atoms with Gasteiger partial charge < -0.3 is 34.2 Å². The zero-order chi connectivity index (χ0) is 72.3. The number of aliphatic hydroxyl groups is 2. The summed E-state index contributed by atoms with van der Waals surface area (Å²) >= 11 is 0. The molecule has 16 nitrogen and oxygen atoms in total. The van der Waals surface area contributed by atoms with E-state index in [4.69, 9.17) is 32.3 Å². The molecule has 0 aromatic carbocycles. The molecule has 0 fully saturated rings. The molecule has 564 valence electrons. The van der Waals surface area contributed by atoms with Crippen molar-refractivity contribution in [1.82, 2.24) is 0 Å². The van der Waals surface area contributed by atoms with Gasteiger partial charge in [0, 0.05) is 19.3 Å². The normalized spacial score (nSPS) is 14.9. The van der Waals surface area contributed by atoms with Gasteiger partial charge in [0.25, 0.3) is 0 Å². The third-order valence-corrected chi connectivity index (χ3v) is 17.1. The van der Waals surface area contributed by atoms with Crippen LogP contribution >= 0.6 is 15.6 Å². The number of aliphatic hydroxyl groups excluding tert-OH is 2. The van der Waals surface area contributed by atoms with Crippen LogP contribution in [0.1, 0.15) is 278 Å². The first-order chi connectivity index (χ1) is 48.2. The van der Waals surface area contributed by atoms with E-state index in [-0.39, 0.29) is 19.3 Å². The van der Waals surface area contributed by atoms with Crippen LogP contribution < -0.4 is 0 Å². The summed E-state index contributed by atoms with van der Waals surface area (Å²) in [4.78, 5) is 58.6. The molecule has 0 heterocycles. The second kappa shape index (κ2) is 72.9. The maximum absolute atomic E-state index is 12.9. The van der Waals surface area contributed by atoms with Crippen molar-refractivity contribution in [3.63, 3.8) is 0 Å². The Bertz CT molecular complexity index is 2430. The van der Waals surface area contributed by atoms with Crippen LogP contribution in [0.5, 0.6) is 0 Å². The molecular weight excluding hydrogens is 1290 g/mol. The van der Waals surface area contributed by atoms with Gasteiger partial charge in [-0.25, -0.2) is 9.13 Å². The molecule has 0 aromatic heterocycles. The maximum Gasteiger partial charge on any atom is 0.472 e. The van der Waals surface area contributed by atoms with Crippen LogP contribution in [0, 0.1) is 0 Å². The maximum atomic E-state index is 12.9. The molecule has 0 aliphatic rings. The standard InChI is InChI=1S/C81H134O16P2/c1-4-7-10-13-16-19-22-25-28-31-33-34-35-36-37-38-39-40-42-45-46-49-52-55-58-61-64-67-79(84)91-70-76(82)71-93-98(87,88)94-72-77(83)73-95-99(89,90)96-75-78(97-81(86)69-66-63-60-57-54-51-48-43-30-27-24-21-18-15-12-9-6-3)74-92-80(85)68-65-62-59-56-53-50-47-44-41-32-29-26-23-20-17-14-11-8-5-2/h7,9-10,12,16-21,25-30,33-34,36-37,41,44,48,51,57,60,76-78,82-83H,4-6,8,11,13-15,22-24,31-32,35,38-40,42-43,45-47,49-50,52-56,58-59,61-75H2,1-3H3,(H,87,88)(H,89,90)/b10-7-,12-9-,19-16-,20-17-,21-18-,28-25-,29-26-,30-27-,34-33-,37-36-,44-41-,51-48-,60-57-. The Morgan fingerprint density at radius 2 is 0.545 bits per heavy atom. The first-order valence-electron chi connectivity index (χ1n) is 37.8. The van der Waals surface area contributed by atoms with Crippen molar-refractivity contribution in [2.45, 2.75) is 296 Å². The third kappa shape index (κ3) is 74.2. The van der Waals surface area contributed by atoms with Gasteiger partial charge in [-0.05, 0) is 141 Å². The van der Waals surface area contributed by atoms with Crippen molar-refractivity contribution in [1.29, 1.82) is 0 Å². The average Bonchev–Trinajstić information content (AvgIpc) is 2.62. The van der Waals surface area contributed by atoms with Crippen molar-refractivity contribution in [3.8, 4) is 0 Å². The summed E-state index contributed by atoms with van der Waals surface area (Å²) in [7, 11) is -9.82. The molecule has 5 unspecified atom stereocenters. The van der Waals surface area contributed by atoms with Gasteiger partial charge in [-0.15, -0.1) is 0 Å². The van der Waals surface area contributed by atoms with E-state index in [0.717, 1.165) is 154 Å². The van der Waals surface area contributed by atoms with Gasteiger partial charge in [-0.2, -0.15) is 0 Å². The average molecular weight is 1430 g/mol. The van der Waals surface area contributed by atoms with Gasteiger partial charge in [0.2, 0.25) is 0 Å². The third-order valence-electron chi connectivity index (χ3n) is 15.2. The monoisotopic (exact) mass is 1420 g/mol. The van der Waals surface area contributed by atoms with Crippen LogP contribution in [0.15, 0.2) is 158 Å². The van der Waals surface area contributed by atoms with Gasteiger partial charge in [0.15, 0.2) is 6.10 Å². The predicted molar refractivity (Wildman–Crippen MR) is 408 cm³/mol. The number of unbranched alkanes of at least 4 members (excludes halogenated alkanes) is 21. The zero-order valence-electron chi connectivity index (χ0n) is 61.4. The molecule has 0 radical (unpaired) electrons. The van der Waals surface area contributed by atoms with Crippen molar-refractivity contribution < 1.29 is 75.8 Å². The summed E-state index contributed by atoms with van der Waals surface area (Å²) in [5.41, 5.74) is 0. The molecule has 0 saturated heterocycles. The fraction of sp³-hybridized carbons (Fsp3) is 0.642. The highest BCUT2D eigenvalue weighted by molar-refractivity contribution is 7.47. The number of carbonyl (C=O) groups excluding carboxylic acids is 3. The van der Waals surface area contributed by atoms with Gasteiger partial charge in [-0.1, -0.05) is 275 Å². The van der Waals surface area contributed by atoms with E-state index in [1.165, 1.54) is 57.8 Å². The predicted octanol–water partition coefficient (Wildman–Crippen LogP) is 21.9. The molecule has 4 N–H and O–H groups in total. The molecule has 0 amide bonds. The lowest BCUT2D eigenvalue weighted by molar-refractivity contribution is -0.161. The van der Waals surface area contributed by atoms with Crippen LogP contribution in [0.4, 0.5) is 0 Å². The lowest BCUT2D eigenvalue weighted by Crippen LogP contribution is -2.30. The molecule has 0 bridgehead atoms. The summed E-state index contributed by atoms with van der Waals surface area (Å²) in [5.74, 6) is -1.67. The quantitative estimate of drug-likeness (QED) is 0.0146. The molecule has 0 saturated carbocycles. The molecular formula is C81H134O16P2. The number of carbonyl (C=O) groups is 3. The van der Waals surface area contributed by atoms with Crippen LogP contribution in [-0.4, -0.2) is 95.9 Å². The molecule has 0 rings (SSSR count). The van der Waals surface area contributed by atoms with E-state index in [0.29, 0.717) is 25.7 Å². The number of phosphoric acid groups is 2. The Labute approximate surface area is 600 Å². The summed E-state index contributed by atoms with van der Waals surface area (Å²) in [6.45, 7) is 2.32. The van der Waals surface area contributed by atoms with Gasteiger partial charge in [0.05, 0.1) is 26.4 Å². The molecule has 0 aliphatic heterocycles. The summed E-state index contributed by atoms with van der Waals surface area (Å²) in [5, 5.41) is 20.6. The number of allylic oxidation sites excluding steroid dienone is 26. The smallest absolute Gasteiger partial charge is 0.463 e. The molecule has 99 heavy (non-hydrogen) atoms. The summed E-state index contributed by atoms with van der Waals surface area (Å²) < 4.78 is 61.0. The lowest BCUT2D eigenvalue weighted by atomic mass is 10.0. The van der Waals surface area contributed by atoms with Crippen molar-refractivity contribution in [3.05, 3.63) is 158 Å². The van der Waals surface area contributed by atoms with E-state index < -0.39 is 91.5 Å². The number of hydrogen-bond acceptors (Lipinski definition) is 14. The highest BCUT2D eigenvalue weighted by Crippen LogP contribution is 2.45. The minimum Gasteiger partial charge on any atom is -0.463 e. The number of esters is 3. The minimum atomic E-state index is -4.95. The van der Waals surface area contributed by atoms with Crippen molar-refractivity contribution in [2.75, 3.05) is 39.6 Å². The number of hydrogen-bond donors (Lipinski definition) is 4. The van der Waals surface area contributed by atoms with E-state index >= 15 is 0 Å². The molecule has 5 atom stereocenters. The Morgan fingerprint density at radius 3 is 0.879 bits per heavy atom. The molecule has 0 spiro atoms. The highest BCUT2D eigenvalue weighted by atomic mass is 31.2. The SMILES string of the molecule is CC/C=C\C/C=C\C/C=C\C/C=C\C/C=C\CCCCCCCCCCCCCC(=O)OCC(O)COP(=O)(O)OCC(O)COP(=O)(O)OCC(COC(=O)CCCCCCCC/C=C\C/C=C\C/C=C\CCCCC)OC(=O)CCC/C=C\C/C=C\C/C=C\C/C=C\C/C=C\CC. The van der Waals surface area contributed by atoms with Crippen LogP contribution in [-0.2, 0) is 55.8 Å². The summed E-state index contributed by atoms with van der Waals surface area (Å²) in [6, 6.07) is 0. The van der Waals surface area contributed by atoms with Gasteiger partial charge in [-0.3, -0.25) is 32.5 Å². The second-order valence-electron chi connectivity index (χ2n) is 24.7. The van der Waals surface area contributed by atoms with E-state index in [1.54, 1.807) is 0 Å². The van der Waals surface area contributed by atoms with E-state index in [1.807, 2.05) is 12.2 Å². The lowest BCUT2D eigenvalue weighted by Gasteiger charge is -2.21. The van der Waals surface area contributed by atoms with Crippen LogP contribution in [0.25, 0.3) is 0 Å². The number of rotatable bonds is 70. The second-order valence-corrected chi connectivity index (χ2v) is 27.6. The first-order valence-corrected chi connectivity index (χ1v) is 40.8. The highest BCUT2D eigenvalue weighted by Gasteiger charge is 2.29. The van der Waals surface area contributed by atoms with Gasteiger partial charge >= 0.3 is 33.6 Å². The Hall–Kier alpha value is -4.83. The zero-order valence-corrected chi connectivity index (χ0v) is 63.1. The van der Waals surface area contributed by atoms with Crippen molar-refractivity contribution >= 4 is 33.6 Å². The van der Waals surface area contributed by atoms with Crippen molar-refractivity contribution in [2.24, 2.45) is 0 Å². The Kier molecular flexibility index (Phi) is 69.4. The summed E-state index contributed by atoms with van der Waals surface area (Å²) in [6.07, 6.45) is 90.1. The molecule has 0 aliphatic carbocycles. The molecule has 0 aromatic rings.